The van der Waals surface area contributed by atoms with Gasteiger partial charge >= 0.3 is 0 Å². The molecule has 5 nitrogen and oxygen atoms in total. The highest BCUT2D eigenvalue weighted by Gasteiger charge is 2.14. The van der Waals surface area contributed by atoms with Gasteiger partial charge in [-0.15, -0.1) is 5.10 Å². The fourth-order valence-corrected chi connectivity index (χ4v) is 3.51. The van der Waals surface area contributed by atoms with Gasteiger partial charge < -0.3 is 10.6 Å². The molecule has 25 heavy (non-hydrogen) atoms. The van der Waals surface area contributed by atoms with Gasteiger partial charge in [-0.05, 0) is 36.8 Å². The monoisotopic (exact) mass is 339 g/mol. The van der Waals surface area contributed by atoms with E-state index in [4.69, 9.17) is 0 Å². The SMILES string of the molecule is Cc1cccc(C(C)C)c1Nc1nncc(NC2CCCCCC2)n1. The Morgan fingerprint density at radius 2 is 1.84 bits per heavy atom. The van der Waals surface area contributed by atoms with Crippen LogP contribution in [0.15, 0.2) is 24.4 Å². The van der Waals surface area contributed by atoms with Crippen LogP contribution in [-0.2, 0) is 0 Å². The van der Waals surface area contributed by atoms with Gasteiger partial charge in [-0.3, -0.25) is 0 Å². The maximum atomic E-state index is 4.64. The van der Waals surface area contributed by atoms with E-state index in [9.17, 15) is 0 Å². The van der Waals surface area contributed by atoms with E-state index in [0.29, 0.717) is 17.9 Å². The van der Waals surface area contributed by atoms with E-state index in [1.165, 1.54) is 49.7 Å². The van der Waals surface area contributed by atoms with E-state index in [1.807, 2.05) is 0 Å². The molecule has 0 saturated heterocycles. The van der Waals surface area contributed by atoms with Gasteiger partial charge in [-0.1, -0.05) is 57.7 Å². The van der Waals surface area contributed by atoms with Crippen molar-refractivity contribution < 1.29 is 0 Å². The number of hydrogen-bond acceptors (Lipinski definition) is 5. The second kappa shape index (κ2) is 8.28. The molecule has 0 spiro atoms. The maximum absolute atomic E-state index is 4.64. The second-order valence-corrected chi connectivity index (χ2v) is 7.32. The molecule has 0 amide bonds. The van der Waals surface area contributed by atoms with Crippen molar-refractivity contribution in [3.05, 3.63) is 35.5 Å². The van der Waals surface area contributed by atoms with Crippen LogP contribution in [0.25, 0.3) is 0 Å². The van der Waals surface area contributed by atoms with Gasteiger partial charge in [0, 0.05) is 11.7 Å². The van der Waals surface area contributed by atoms with Crippen molar-refractivity contribution in [2.24, 2.45) is 0 Å². The van der Waals surface area contributed by atoms with Crippen LogP contribution < -0.4 is 10.6 Å². The predicted octanol–water partition coefficient (Wildman–Crippen LogP) is 5.18. The Morgan fingerprint density at radius 1 is 1.08 bits per heavy atom. The highest BCUT2D eigenvalue weighted by Crippen LogP contribution is 2.29. The molecule has 1 heterocycles. The zero-order valence-corrected chi connectivity index (χ0v) is 15.5. The summed E-state index contributed by atoms with van der Waals surface area (Å²) in [5.74, 6) is 1.79. The number of nitrogens with one attached hydrogen (secondary N) is 2. The summed E-state index contributed by atoms with van der Waals surface area (Å²) in [5.41, 5.74) is 3.55. The van der Waals surface area contributed by atoms with E-state index in [0.717, 1.165) is 11.5 Å². The third-order valence-electron chi connectivity index (χ3n) is 4.93. The van der Waals surface area contributed by atoms with Gasteiger partial charge in [0.1, 0.15) is 0 Å². The molecule has 0 atom stereocenters. The minimum atomic E-state index is 0.433. The number of nitrogens with zero attached hydrogens (tertiary/aromatic N) is 3. The first-order valence-corrected chi connectivity index (χ1v) is 9.46. The number of para-hydroxylation sites is 1. The smallest absolute Gasteiger partial charge is 0.249 e. The molecule has 2 aromatic rings. The lowest BCUT2D eigenvalue weighted by Gasteiger charge is -2.18. The maximum Gasteiger partial charge on any atom is 0.249 e. The van der Waals surface area contributed by atoms with E-state index >= 15 is 0 Å². The molecule has 0 bridgehead atoms. The van der Waals surface area contributed by atoms with E-state index in [2.05, 4.69) is 64.8 Å². The number of anilines is 3. The minimum absolute atomic E-state index is 0.433. The summed E-state index contributed by atoms with van der Waals surface area (Å²) in [4.78, 5) is 4.64. The molecule has 2 N–H and O–H groups in total. The Kier molecular flexibility index (Phi) is 5.84. The molecule has 134 valence electrons. The van der Waals surface area contributed by atoms with Gasteiger partial charge in [0.2, 0.25) is 5.95 Å². The Labute approximate surface area is 150 Å². The third kappa shape index (κ3) is 4.68. The van der Waals surface area contributed by atoms with Crippen molar-refractivity contribution in [2.75, 3.05) is 10.6 Å². The van der Waals surface area contributed by atoms with E-state index in [-0.39, 0.29) is 0 Å². The summed E-state index contributed by atoms with van der Waals surface area (Å²) in [6, 6.07) is 6.85. The second-order valence-electron chi connectivity index (χ2n) is 7.32. The molecule has 1 aliphatic carbocycles. The van der Waals surface area contributed by atoms with Crippen molar-refractivity contribution in [1.82, 2.24) is 15.2 Å². The summed E-state index contributed by atoms with van der Waals surface area (Å²) in [5, 5.41) is 15.2. The van der Waals surface area contributed by atoms with Crippen molar-refractivity contribution in [3.63, 3.8) is 0 Å². The van der Waals surface area contributed by atoms with Crippen LogP contribution in [-0.4, -0.2) is 21.2 Å². The normalized spacial score (nSPS) is 15.8. The summed E-state index contributed by atoms with van der Waals surface area (Å²) in [6.07, 6.45) is 9.42. The van der Waals surface area contributed by atoms with Crippen LogP contribution in [0.2, 0.25) is 0 Å². The van der Waals surface area contributed by atoms with Crippen LogP contribution in [0.4, 0.5) is 17.5 Å². The molecular formula is C20H29N5. The van der Waals surface area contributed by atoms with E-state index < -0.39 is 0 Å². The summed E-state index contributed by atoms with van der Waals surface area (Å²) in [7, 11) is 0. The first kappa shape index (κ1) is 17.6. The lowest BCUT2D eigenvalue weighted by molar-refractivity contribution is 0.617. The highest BCUT2D eigenvalue weighted by atomic mass is 15.3. The van der Waals surface area contributed by atoms with Crippen molar-refractivity contribution in [2.45, 2.75) is 71.3 Å². The molecule has 3 rings (SSSR count). The average molecular weight is 339 g/mol. The molecule has 0 radical (unpaired) electrons. The standard InChI is InChI=1S/C20H29N5/c1-14(2)17-12-8-9-15(3)19(17)24-20-23-18(13-21-25-20)22-16-10-6-4-5-7-11-16/h8-9,12-14,16H,4-7,10-11H2,1-3H3,(H2,22,23,24,25). The quantitative estimate of drug-likeness (QED) is 0.735. The van der Waals surface area contributed by atoms with Crippen LogP contribution >= 0.6 is 0 Å². The molecule has 5 heteroatoms. The van der Waals surface area contributed by atoms with Gasteiger partial charge in [0.15, 0.2) is 5.82 Å². The van der Waals surface area contributed by atoms with Crippen molar-refractivity contribution in [1.29, 1.82) is 0 Å². The van der Waals surface area contributed by atoms with Gasteiger partial charge in [-0.25, -0.2) is 0 Å². The Balaban J connectivity index is 1.76. The Morgan fingerprint density at radius 3 is 2.56 bits per heavy atom. The first-order chi connectivity index (χ1) is 12.1. The van der Waals surface area contributed by atoms with Gasteiger partial charge in [0.05, 0.1) is 6.20 Å². The zero-order valence-electron chi connectivity index (χ0n) is 15.5. The number of hydrogen-bond donors (Lipinski definition) is 2. The first-order valence-electron chi connectivity index (χ1n) is 9.46. The lowest BCUT2D eigenvalue weighted by atomic mass is 9.98. The number of benzene rings is 1. The molecule has 1 aliphatic rings. The summed E-state index contributed by atoms with van der Waals surface area (Å²) in [6.45, 7) is 6.50. The number of rotatable bonds is 5. The van der Waals surface area contributed by atoms with Crippen LogP contribution in [0, 0.1) is 6.92 Å². The molecule has 1 fully saturated rings. The molecule has 0 aliphatic heterocycles. The van der Waals surface area contributed by atoms with Crippen LogP contribution in [0.3, 0.4) is 0 Å². The minimum Gasteiger partial charge on any atom is -0.366 e. The highest BCUT2D eigenvalue weighted by molar-refractivity contribution is 5.64. The van der Waals surface area contributed by atoms with Crippen LogP contribution in [0.5, 0.6) is 0 Å². The van der Waals surface area contributed by atoms with Gasteiger partial charge in [0.25, 0.3) is 0 Å². The fourth-order valence-electron chi connectivity index (χ4n) is 3.51. The van der Waals surface area contributed by atoms with E-state index in [1.54, 1.807) is 6.20 Å². The summed E-state index contributed by atoms with van der Waals surface area (Å²) < 4.78 is 0. The van der Waals surface area contributed by atoms with Crippen LogP contribution in [0.1, 0.15) is 69.4 Å². The largest absolute Gasteiger partial charge is 0.366 e. The Hall–Kier alpha value is -2.17. The average Bonchev–Trinajstić information content (AvgIpc) is 2.85. The lowest BCUT2D eigenvalue weighted by Crippen LogP contribution is -2.19. The number of aryl methyl sites for hydroxylation is 1. The predicted molar refractivity (Wildman–Crippen MR) is 103 cm³/mol. The molecule has 1 aromatic carbocycles. The third-order valence-corrected chi connectivity index (χ3v) is 4.93. The van der Waals surface area contributed by atoms with Crippen molar-refractivity contribution in [3.8, 4) is 0 Å². The topological polar surface area (TPSA) is 62.7 Å². The molecule has 1 saturated carbocycles. The zero-order chi connectivity index (χ0) is 17.6. The van der Waals surface area contributed by atoms with Gasteiger partial charge in [-0.2, -0.15) is 10.1 Å². The number of aromatic nitrogens is 3. The molecule has 0 unspecified atom stereocenters. The summed E-state index contributed by atoms with van der Waals surface area (Å²) >= 11 is 0. The molecule has 1 aromatic heterocycles. The molecular weight excluding hydrogens is 310 g/mol. The Bertz CT molecular complexity index is 690. The fraction of sp³-hybridized carbons (Fsp3) is 0.550. The van der Waals surface area contributed by atoms with Crippen molar-refractivity contribution >= 4 is 17.5 Å².